The van der Waals surface area contributed by atoms with Crippen molar-refractivity contribution in [3.8, 4) is 11.5 Å². The molecule has 0 aliphatic carbocycles. The molecule has 1 atom stereocenters. The summed E-state index contributed by atoms with van der Waals surface area (Å²) in [5.41, 5.74) is 1.31. The highest BCUT2D eigenvalue weighted by atomic mass is 35.5. The number of benzene rings is 1. The van der Waals surface area contributed by atoms with Crippen LogP contribution in [0, 0.1) is 0 Å². The molecule has 156 valence electrons. The van der Waals surface area contributed by atoms with Crippen molar-refractivity contribution >= 4 is 22.9 Å². The van der Waals surface area contributed by atoms with Crippen molar-refractivity contribution in [2.24, 2.45) is 0 Å². The maximum atomic E-state index is 6.10. The predicted molar refractivity (Wildman–Crippen MR) is 117 cm³/mol. The second-order valence-corrected chi connectivity index (χ2v) is 10.0. The van der Waals surface area contributed by atoms with Gasteiger partial charge in [0.15, 0.2) is 11.5 Å². The van der Waals surface area contributed by atoms with Crippen LogP contribution in [0.5, 0.6) is 11.5 Å². The van der Waals surface area contributed by atoms with Crippen molar-refractivity contribution in [2.75, 3.05) is 46.1 Å². The number of ether oxygens (including phenoxy) is 2. The number of halogens is 1. The van der Waals surface area contributed by atoms with Gasteiger partial charge in [0.05, 0.1) is 4.34 Å². The second-order valence-electron chi connectivity index (χ2n) is 8.24. The molecule has 29 heavy (non-hydrogen) atoms. The van der Waals surface area contributed by atoms with Gasteiger partial charge in [0, 0.05) is 56.7 Å². The molecule has 0 N–H and O–H groups in total. The van der Waals surface area contributed by atoms with Gasteiger partial charge in [-0.2, -0.15) is 0 Å². The highest BCUT2D eigenvalue weighted by molar-refractivity contribution is 7.16. The zero-order valence-electron chi connectivity index (χ0n) is 16.7. The molecule has 1 aromatic carbocycles. The lowest BCUT2D eigenvalue weighted by Gasteiger charge is -2.43. The Morgan fingerprint density at radius 1 is 0.931 bits per heavy atom. The SMILES string of the molecule is Clc1ccc(CN2CCCC(N3CCN(Cc4ccc5c(c4)OCO5)CC3)C2)s1. The van der Waals surface area contributed by atoms with Gasteiger partial charge in [-0.15, -0.1) is 11.3 Å². The van der Waals surface area contributed by atoms with E-state index in [1.807, 2.05) is 12.1 Å². The fourth-order valence-electron chi connectivity index (χ4n) is 4.71. The Balaban J connectivity index is 1.11. The number of piperidine rings is 1. The summed E-state index contributed by atoms with van der Waals surface area (Å²) in [4.78, 5) is 9.26. The van der Waals surface area contributed by atoms with Crippen molar-refractivity contribution in [3.05, 3.63) is 45.1 Å². The minimum Gasteiger partial charge on any atom is -0.454 e. The van der Waals surface area contributed by atoms with E-state index in [1.54, 1.807) is 11.3 Å². The Morgan fingerprint density at radius 3 is 2.62 bits per heavy atom. The summed E-state index contributed by atoms with van der Waals surface area (Å²) in [5.74, 6) is 1.75. The summed E-state index contributed by atoms with van der Waals surface area (Å²) < 4.78 is 11.8. The standard InChI is InChI=1S/C22H28ClN3O2S/c23-22-6-4-19(29-22)15-25-7-1-2-18(14-25)26-10-8-24(9-11-26)13-17-3-5-20-21(12-17)28-16-27-20/h3-6,12,18H,1-2,7-11,13-16H2. The molecule has 3 aliphatic rings. The monoisotopic (exact) mass is 433 g/mol. The van der Waals surface area contributed by atoms with Gasteiger partial charge >= 0.3 is 0 Å². The highest BCUT2D eigenvalue weighted by Crippen LogP contribution is 2.33. The number of hydrogen-bond acceptors (Lipinski definition) is 6. The summed E-state index contributed by atoms with van der Waals surface area (Å²) in [5, 5.41) is 0. The van der Waals surface area contributed by atoms with Gasteiger partial charge in [-0.3, -0.25) is 14.7 Å². The third kappa shape index (κ3) is 4.72. The van der Waals surface area contributed by atoms with Crippen molar-refractivity contribution in [2.45, 2.75) is 32.0 Å². The molecule has 0 bridgehead atoms. The van der Waals surface area contributed by atoms with Crippen molar-refractivity contribution in [3.63, 3.8) is 0 Å². The lowest BCUT2D eigenvalue weighted by atomic mass is 10.0. The first-order chi connectivity index (χ1) is 14.2. The van der Waals surface area contributed by atoms with Crippen LogP contribution >= 0.6 is 22.9 Å². The molecule has 2 saturated heterocycles. The maximum absolute atomic E-state index is 6.10. The Bertz CT molecular complexity index is 837. The topological polar surface area (TPSA) is 28.2 Å². The average molecular weight is 434 g/mol. The van der Waals surface area contributed by atoms with Crippen LogP contribution in [-0.4, -0.2) is 66.8 Å². The largest absolute Gasteiger partial charge is 0.454 e. The quantitative estimate of drug-likeness (QED) is 0.712. The number of fused-ring (bicyclic) bond motifs is 1. The van der Waals surface area contributed by atoms with Gasteiger partial charge in [-0.25, -0.2) is 0 Å². The van der Waals surface area contributed by atoms with Crippen molar-refractivity contribution in [1.29, 1.82) is 0 Å². The second kappa shape index (κ2) is 8.82. The van der Waals surface area contributed by atoms with Gasteiger partial charge in [-0.05, 0) is 49.2 Å². The van der Waals surface area contributed by atoms with E-state index < -0.39 is 0 Å². The number of rotatable bonds is 5. The fourth-order valence-corrected chi connectivity index (χ4v) is 5.84. The molecule has 0 saturated carbocycles. The first-order valence-corrected chi connectivity index (χ1v) is 11.7. The first kappa shape index (κ1) is 19.6. The van der Waals surface area contributed by atoms with Crippen LogP contribution in [0.2, 0.25) is 4.34 Å². The van der Waals surface area contributed by atoms with Crippen LogP contribution in [0.4, 0.5) is 0 Å². The normalized spacial score (nSPS) is 23.6. The number of likely N-dealkylation sites (tertiary alicyclic amines) is 1. The minimum atomic E-state index is 0.343. The molecule has 2 aromatic rings. The first-order valence-electron chi connectivity index (χ1n) is 10.5. The summed E-state index contributed by atoms with van der Waals surface area (Å²) in [6.45, 7) is 9.33. The summed E-state index contributed by atoms with van der Waals surface area (Å²) in [7, 11) is 0. The van der Waals surface area contributed by atoms with Gasteiger partial charge in [0.25, 0.3) is 0 Å². The molecular formula is C22H28ClN3O2S. The molecule has 0 radical (unpaired) electrons. The zero-order valence-corrected chi connectivity index (χ0v) is 18.3. The van der Waals surface area contributed by atoms with E-state index in [9.17, 15) is 0 Å². The Morgan fingerprint density at radius 2 is 1.79 bits per heavy atom. The molecule has 0 spiro atoms. The molecule has 1 unspecified atom stereocenters. The van der Waals surface area contributed by atoms with Crippen LogP contribution in [0.15, 0.2) is 30.3 Å². The molecule has 0 amide bonds. The van der Waals surface area contributed by atoms with E-state index in [0.717, 1.165) is 55.1 Å². The molecule has 4 heterocycles. The molecule has 7 heteroatoms. The summed E-state index contributed by atoms with van der Waals surface area (Å²) >= 11 is 7.82. The lowest BCUT2D eigenvalue weighted by Crippen LogP contribution is -2.54. The summed E-state index contributed by atoms with van der Waals surface area (Å²) in [6.07, 6.45) is 2.62. The molecule has 5 rings (SSSR count). The molecule has 3 aliphatic heterocycles. The highest BCUT2D eigenvalue weighted by Gasteiger charge is 2.28. The molecule has 2 fully saturated rings. The van der Waals surface area contributed by atoms with E-state index in [-0.39, 0.29) is 0 Å². The van der Waals surface area contributed by atoms with E-state index in [0.29, 0.717) is 12.8 Å². The lowest BCUT2D eigenvalue weighted by molar-refractivity contribution is 0.0480. The van der Waals surface area contributed by atoms with Crippen molar-refractivity contribution in [1.82, 2.24) is 14.7 Å². The number of nitrogens with zero attached hydrogens (tertiary/aromatic N) is 3. The van der Waals surface area contributed by atoms with Crippen LogP contribution in [-0.2, 0) is 13.1 Å². The number of piperazine rings is 1. The molecular weight excluding hydrogens is 406 g/mol. The van der Waals surface area contributed by atoms with Gasteiger partial charge < -0.3 is 9.47 Å². The summed E-state index contributed by atoms with van der Waals surface area (Å²) in [6, 6.07) is 11.2. The molecule has 1 aromatic heterocycles. The fraction of sp³-hybridized carbons (Fsp3) is 0.545. The maximum Gasteiger partial charge on any atom is 0.231 e. The van der Waals surface area contributed by atoms with Crippen LogP contribution in [0.3, 0.4) is 0 Å². The predicted octanol–water partition coefficient (Wildman–Crippen LogP) is 3.91. The third-order valence-corrected chi connectivity index (χ3v) is 7.47. The van der Waals surface area contributed by atoms with Crippen molar-refractivity contribution < 1.29 is 9.47 Å². The smallest absolute Gasteiger partial charge is 0.231 e. The van der Waals surface area contributed by atoms with Crippen LogP contribution in [0.1, 0.15) is 23.3 Å². The minimum absolute atomic E-state index is 0.343. The number of hydrogen-bond donors (Lipinski definition) is 0. The Hall–Kier alpha value is -1.31. The number of thiophene rings is 1. The average Bonchev–Trinajstić information content (AvgIpc) is 3.37. The van der Waals surface area contributed by atoms with Crippen LogP contribution < -0.4 is 9.47 Å². The van der Waals surface area contributed by atoms with Gasteiger partial charge in [-0.1, -0.05) is 17.7 Å². The van der Waals surface area contributed by atoms with Gasteiger partial charge in [0.1, 0.15) is 0 Å². The Kier molecular flexibility index (Phi) is 5.97. The van der Waals surface area contributed by atoms with E-state index in [4.69, 9.17) is 21.1 Å². The van der Waals surface area contributed by atoms with E-state index >= 15 is 0 Å². The van der Waals surface area contributed by atoms with E-state index in [2.05, 4.69) is 32.9 Å². The Labute approximate surface area is 181 Å². The van der Waals surface area contributed by atoms with Crippen LogP contribution in [0.25, 0.3) is 0 Å². The molecule has 5 nitrogen and oxygen atoms in total. The third-order valence-electron chi connectivity index (χ3n) is 6.26. The van der Waals surface area contributed by atoms with Gasteiger partial charge in [0.2, 0.25) is 6.79 Å². The zero-order chi connectivity index (χ0) is 19.6. The van der Waals surface area contributed by atoms with E-state index in [1.165, 1.54) is 36.4 Å².